The van der Waals surface area contributed by atoms with Gasteiger partial charge in [0.15, 0.2) is 0 Å². The first kappa shape index (κ1) is 11.3. The lowest BCUT2D eigenvalue weighted by Gasteiger charge is -2.13. The molecule has 0 saturated heterocycles. The number of aliphatic hydroxyl groups excluding tert-OH is 1. The smallest absolute Gasteiger partial charge is 0.123 e. The molecule has 1 aromatic heterocycles. The highest BCUT2D eigenvalue weighted by atomic mass is 79.9. The normalized spacial score (nSPS) is 12.8. The Hall–Kier alpha value is -1.20. The van der Waals surface area contributed by atoms with Crippen LogP contribution in [0.3, 0.4) is 0 Å². The zero-order chi connectivity index (χ0) is 11.7. The minimum absolute atomic E-state index is 0.682. The van der Waals surface area contributed by atoms with Gasteiger partial charge >= 0.3 is 0 Å². The van der Waals surface area contributed by atoms with E-state index in [4.69, 9.17) is 0 Å². The molecule has 84 valence electrons. The fourth-order valence-electron chi connectivity index (χ4n) is 1.61. The summed E-state index contributed by atoms with van der Waals surface area (Å²) >= 11 is 3.40. The largest absolute Gasteiger partial charge is 0.382 e. The molecule has 0 radical (unpaired) electrons. The molecular weight excluding hydrogens is 270 g/mol. The van der Waals surface area contributed by atoms with Crippen molar-refractivity contribution in [2.45, 2.75) is 13.0 Å². The quantitative estimate of drug-likeness (QED) is 0.916. The maximum Gasteiger partial charge on any atom is 0.123 e. The van der Waals surface area contributed by atoms with Gasteiger partial charge in [-0.05, 0) is 30.2 Å². The standard InChI is InChI=1S/C11H12BrN3O/c1-7-3-4-8(12)5-9(7)11(16)10-6-13-14-15(10)2/h3-6,11,16H,1-2H3. The van der Waals surface area contributed by atoms with E-state index < -0.39 is 6.10 Å². The summed E-state index contributed by atoms with van der Waals surface area (Å²) < 4.78 is 2.52. The number of hydrogen-bond acceptors (Lipinski definition) is 3. The van der Waals surface area contributed by atoms with Crippen molar-refractivity contribution in [3.63, 3.8) is 0 Å². The van der Waals surface area contributed by atoms with Gasteiger partial charge in [-0.1, -0.05) is 27.2 Å². The molecule has 0 spiro atoms. The molecule has 16 heavy (non-hydrogen) atoms. The van der Waals surface area contributed by atoms with Gasteiger partial charge < -0.3 is 5.11 Å². The molecule has 5 heteroatoms. The molecule has 1 heterocycles. The van der Waals surface area contributed by atoms with E-state index in [-0.39, 0.29) is 0 Å². The van der Waals surface area contributed by atoms with Crippen LogP contribution >= 0.6 is 15.9 Å². The molecule has 0 bridgehead atoms. The van der Waals surface area contributed by atoms with Crippen molar-refractivity contribution >= 4 is 15.9 Å². The van der Waals surface area contributed by atoms with Gasteiger partial charge in [0.25, 0.3) is 0 Å². The van der Waals surface area contributed by atoms with E-state index in [1.165, 1.54) is 0 Å². The van der Waals surface area contributed by atoms with Crippen molar-refractivity contribution in [2.24, 2.45) is 7.05 Å². The van der Waals surface area contributed by atoms with Crippen molar-refractivity contribution in [1.29, 1.82) is 0 Å². The van der Waals surface area contributed by atoms with E-state index in [9.17, 15) is 5.11 Å². The molecule has 0 aliphatic rings. The number of halogens is 1. The van der Waals surface area contributed by atoms with Crippen LogP contribution < -0.4 is 0 Å². The summed E-state index contributed by atoms with van der Waals surface area (Å²) in [4.78, 5) is 0. The molecule has 0 aliphatic heterocycles. The van der Waals surface area contributed by atoms with E-state index in [1.54, 1.807) is 17.9 Å². The minimum Gasteiger partial charge on any atom is -0.382 e. The number of nitrogens with zero attached hydrogens (tertiary/aromatic N) is 3. The minimum atomic E-state index is -0.697. The third-order valence-electron chi connectivity index (χ3n) is 2.57. The van der Waals surface area contributed by atoms with Crippen molar-refractivity contribution in [3.8, 4) is 0 Å². The highest BCUT2D eigenvalue weighted by molar-refractivity contribution is 9.10. The summed E-state index contributed by atoms with van der Waals surface area (Å²) in [5.74, 6) is 0. The number of rotatable bonds is 2. The summed E-state index contributed by atoms with van der Waals surface area (Å²) in [6, 6.07) is 5.83. The second kappa shape index (κ2) is 4.35. The fraction of sp³-hybridized carbons (Fsp3) is 0.273. The Balaban J connectivity index is 2.45. The average Bonchev–Trinajstić information content (AvgIpc) is 2.67. The van der Waals surface area contributed by atoms with Crippen LogP contribution in [0, 0.1) is 6.92 Å². The first-order valence-electron chi connectivity index (χ1n) is 4.88. The summed E-state index contributed by atoms with van der Waals surface area (Å²) in [6.45, 7) is 1.97. The van der Waals surface area contributed by atoms with Crippen LogP contribution in [0.2, 0.25) is 0 Å². The van der Waals surface area contributed by atoms with Gasteiger partial charge in [0.1, 0.15) is 6.10 Å². The van der Waals surface area contributed by atoms with Crippen LogP contribution in [0.25, 0.3) is 0 Å². The van der Waals surface area contributed by atoms with E-state index in [0.29, 0.717) is 5.69 Å². The topological polar surface area (TPSA) is 50.9 Å². The lowest BCUT2D eigenvalue weighted by Crippen LogP contribution is -2.08. The number of aryl methyl sites for hydroxylation is 2. The Morgan fingerprint density at radius 2 is 2.19 bits per heavy atom. The Kier molecular flexibility index (Phi) is 3.07. The second-order valence-corrected chi connectivity index (χ2v) is 4.60. The molecule has 0 aliphatic carbocycles. The van der Waals surface area contributed by atoms with E-state index >= 15 is 0 Å². The molecule has 1 unspecified atom stereocenters. The van der Waals surface area contributed by atoms with Gasteiger partial charge in [-0.3, -0.25) is 0 Å². The molecule has 0 saturated carbocycles. The van der Waals surface area contributed by atoms with Crippen molar-refractivity contribution in [3.05, 3.63) is 45.7 Å². The Morgan fingerprint density at radius 3 is 2.81 bits per heavy atom. The van der Waals surface area contributed by atoms with Gasteiger partial charge in [-0.15, -0.1) is 5.10 Å². The van der Waals surface area contributed by atoms with Crippen LogP contribution in [0.1, 0.15) is 22.9 Å². The average molecular weight is 282 g/mol. The molecule has 1 N–H and O–H groups in total. The lowest BCUT2D eigenvalue weighted by atomic mass is 10.0. The molecule has 2 rings (SSSR count). The monoisotopic (exact) mass is 281 g/mol. The molecule has 2 aromatic rings. The Morgan fingerprint density at radius 1 is 1.44 bits per heavy atom. The van der Waals surface area contributed by atoms with E-state index in [1.807, 2.05) is 25.1 Å². The van der Waals surface area contributed by atoms with Crippen LogP contribution in [0.15, 0.2) is 28.9 Å². The number of aromatic nitrogens is 3. The first-order chi connectivity index (χ1) is 7.59. The number of benzene rings is 1. The van der Waals surface area contributed by atoms with Gasteiger partial charge in [-0.25, -0.2) is 4.68 Å². The van der Waals surface area contributed by atoms with Crippen molar-refractivity contribution < 1.29 is 5.11 Å². The van der Waals surface area contributed by atoms with Gasteiger partial charge in [0, 0.05) is 11.5 Å². The predicted molar refractivity (Wildman–Crippen MR) is 63.9 cm³/mol. The van der Waals surface area contributed by atoms with Gasteiger partial charge in [-0.2, -0.15) is 0 Å². The second-order valence-electron chi connectivity index (χ2n) is 3.69. The maximum absolute atomic E-state index is 10.2. The lowest BCUT2D eigenvalue weighted by molar-refractivity contribution is 0.209. The number of hydrogen-bond donors (Lipinski definition) is 1. The zero-order valence-electron chi connectivity index (χ0n) is 9.05. The third-order valence-corrected chi connectivity index (χ3v) is 3.06. The van der Waals surface area contributed by atoms with E-state index in [0.717, 1.165) is 15.6 Å². The highest BCUT2D eigenvalue weighted by Gasteiger charge is 2.16. The molecule has 1 atom stereocenters. The van der Waals surface area contributed by atoms with Crippen LogP contribution in [-0.4, -0.2) is 20.1 Å². The van der Waals surface area contributed by atoms with Gasteiger partial charge in [0.2, 0.25) is 0 Å². The molecule has 0 fully saturated rings. The molecule has 4 nitrogen and oxygen atoms in total. The van der Waals surface area contributed by atoms with Crippen molar-refractivity contribution in [2.75, 3.05) is 0 Å². The van der Waals surface area contributed by atoms with E-state index in [2.05, 4.69) is 26.2 Å². The van der Waals surface area contributed by atoms with Crippen LogP contribution in [0.5, 0.6) is 0 Å². The van der Waals surface area contributed by atoms with Crippen LogP contribution in [-0.2, 0) is 7.05 Å². The third kappa shape index (κ3) is 2.01. The molecule has 0 amide bonds. The zero-order valence-corrected chi connectivity index (χ0v) is 10.6. The maximum atomic E-state index is 10.2. The summed E-state index contributed by atoms with van der Waals surface area (Å²) in [5.41, 5.74) is 2.58. The Labute approximate surface area is 102 Å². The molecular formula is C11H12BrN3O. The summed E-state index contributed by atoms with van der Waals surface area (Å²) in [7, 11) is 1.76. The number of aliphatic hydroxyl groups is 1. The van der Waals surface area contributed by atoms with Gasteiger partial charge in [0.05, 0.1) is 11.9 Å². The highest BCUT2D eigenvalue weighted by Crippen LogP contribution is 2.26. The SMILES string of the molecule is Cc1ccc(Br)cc1C(O)c1cnnn1C. The first-order valence-corrected chi connectivity index (χ1v) is 5.67. The summed E-state index contributed by atoms with van der Waals surface area (Å²) in [5, 5.41) is 17.8. The molecule has 1 aromatic carbocycles. The fourth-order valence-corrected chi connectivity index (χ4v) is 1.99. The van der Waals surface area contributed by atoms with Crippen molar-refractivity contribution in [1.82, 2.24) is 15.0 Å². The summed E-state index contributed by atoms with van der Waals surface area (Å²) in [6.07, 6.45) is 0.878. The predicted octanol–water partition coefficient (Wildman–Crippen LogP) is 1.97. The Bertz CT molecular complexity index is 510. The van der Waals surface area contributed by atoms with Crippen LogP contribution in [0.4, 0.5) is 0 Å².